The number of halogens is 1. The van der Waals surface area contributed by atoms with Crippen molar-refractivity contribution in [2.24, 2.45) is 4.99 Å². The summed E-state index contributed by atoms with van der Waals surface area (Å²) in [6.07, 6.45) is 0.0396. The molecule has 0 radical (unpaired) electrons. The second-order valence-electron chi connectivity index (χ2n) is 6.09. The fourth-order valence-corrected chi connectivity index (χ4v) is 4.93. The number of nitrogens with one attached hydrogen (secondary N) is 1. The molecule has 1 N–H and O–H groups in total. The Labute approximate surface area is 174 Å². The maximum absolute atomic E-state index is 12.5. The molecule has 1 unspecified atom stereocenters. The minimum absolute atomic E-state index is 0.0396. The van der Waals surface area contributed by atoms with Crippen molar-refractivity contribution in [3.05, 3.63) is 53.6 Å². The molecule has 2 heterocycles. The van der Waals surface area contributed by atoms with Crippen molar-refractivity contribution in [3.63, 3.8) is 0 Å². The number of anilines is 1. The summed E-state index contributed by atoms with van der Waals surface area (Å²) in [6.45, 7) is 0. The van der Waals surface area contributed by atoms with E-state index in [9.17, 15) is 9.59 Å². The molecule has 1 saturated heterocycles. The minimum atomic E-state index is -0.527. The second kappa shape index (κ2) is 7.90. The molecule has 0 bridgehead atoms. The first-order chi connectivity index (χ1) is 13.5. The molecule has 2 aromatic carbocycles. The molecular formula is C19H15ClN4O2S2. The summed E-state index contributed by atoms with van der Waals surface area (Å²) in [5.41, 5.74) is 1.40. The Hall–Kier alpha value is -2.42. The molecule has 1 aromatic heterocycles. The Bertz CT molecular complexity index is 1070. The fourth-order valence-electron chi connectivity index (χ4n) is 2.72. The van der Waals surface area contributed by atoms with Gasteiger partial charge in [0.1, 0.15) is 5.25 Å². The van der Waals surface area contributed by atoms with Crippen molar-refractivity contribution in [3.8, 4) is 0 Å². The summed E-state index contributed by atoms with van der Waals surface area (Å²) in [4.78, 5) is 35.4. The van der Waals surface area contributed by atoms with E-state index in [2.05, 4.69) is 15.3 Å². The molecule has 6 nitrogen and oxygen atoms in total. The number of aliphatic imine (C=N–C) groups is 1. The lowest BCUT2D eigenvalue weighted by Crippen LogP contribution is -2.30. The molecule has 1 atom stereocenters. The topological polar surface area (TPSA) is 74.7 Å². The first-order valence-electron chi connectivity index (χ1n) is 8.44. The number of thiazole rings is 1. The minimum Gasteiger partial charge on any atom is -0.325 e. The van der Waals surface area contributed by atoms with Crippen LogP contribution in [0, 0.1) is 0 Å². The van der Waals surface area contributed by atoms with Gasteiger partial charge in [-0.25, -0.2) is 4.98 Å². The third-order valence-electron chi connectivity index (χ3n) is 4.13. The monoisotopic (exact) mass is 430 g/mol. The van der Waals surface area contributed by atoms with Gasteiger partial charge < -0.3 is 5.32 Å². The lowest BCUT2D eigenvalue weighted by Gasteiger charge is -2.10. The van der Waals surface area contributed by atoms with E-state index in [0.717, 1.165) is 10.2 Å². The molecule has 142 valence electrons. The molecule has 2 amide bonds. The summed E-state index contributed by atoms with van der Waals surface area (Å²) in [6, 6.07) is 14.8. The first kappa shape index (κ1) is 18.9. The van der Waals surface area contributed by atoms with Crippen LogP contribution in [0.3, 0.4) is 0 Å². The molecule has 1 aliphatic rings. The maximum Gasteiger partial charge on any atom is 0.242 e. The number of rotatable bonds is 4. The number of para-hydroxylation sites is 2. The number of thioether (sulfide) groups is 1. The Balaban J connectivity index is 1.47. The van der Waals surface area contributed by atoms with Crippen LogP contribution in [0.15, 0.2) is 53.5 Å². The molecule has 3 aromatic rings. The van der Waals surface area contributed by atoms with Gasteiger partial charge in [-0.3, -0.25) is 14.5 Å². The highest BCUT2D eigenvalue weighted by Gasteiger charge is 2.37. The molecule has 1 fully saturated rings. The van der Waals surface area contributed by atoms with Crippen LogP contribution in [0.1, 0.15) is 6.42 Å². The van der Waals surface area contributed by atoms with Crippen molar-refractivity contribution in [2.45, 2.75) is 11.7 Å². The highest BCUT2D eigenvalue weighted by molar-refractivity contribution is 8.15. The zero-order valence-electron chi connectivity index (χ0n) is 14.8. The normalized spacial score (nSPS) is 18.2. The van der Waals surface area contributed by atoms with Gasteiger partial charge in [-0.05, 0) is 24.3 Å². The number of nitrogens with zero attached hydrogens (tertiary/aromatic N) is 3. The standard InChI is InChI=1S/C19H15ClN4O2S2/c1-24-17(26)15(10-16(25)21-12-7-3-2-6-11(12)20)28-19(24)23-18-22-13-8-4-5-9-14(13)27-18/h2-9,15H,10H2,1H3,(H,21,25)/b23-19-. The van der Waals surface area contributed by atoms with Crippen LogP contribution in [0.2, 0.25) is 5.02 Å². The third kappa shape index (κ3) is 3.89. The predicted molar refractivity (Wildman–Crippen MR) is 116 cm³/mol. The van der Waals surface area contributed by atoms with E-state index >= 15 is 0 Å². The second-order valence-corrected chi connectivity index (χ2v) is 8.68. The SMILES string of the molecule is CN1C(=O)C(CC(=O)Nc2ccccc2Cl)S/C1=N\c1nc2ccccc2s1. The van der Waals surface area contributed by atoms with Gasteiger partial charge in [0.05, 0.1) is 20.9 Å². The van der Waals surface area contributed by atoms with Crippen LogP contribution in [0.4, 0.5) is 10.8 Å². The number of amides is 2. The van der Waals surface area contributed by atoms with Crippen molar-refractivity contribution >= 4 is 72.7 Å². The molecular weight excluding hydrogens is 416 g/mol. The Morgan fingerprint density at radius 3 is 2.79 bits per heavy atom. The summed E-state index contributed by atoms with van der Waals surface area (Å²) in [7, 11) is 1.66. The highest BCUT2D eigenvalue weighted by atomic mass is 35.5. The van der Waals surface area contributed by atoms with Gasteiger partial charge in [-0.15, -0.1) is 0 Å². The van der Waals surface area contributed by atoms with Gasteiger partial charge in [-0.2, -0.15) is 4.99 Å². The van der Waals surface area contributed by atoms with Crippen LogP contribution >= 0.6 is 34.7 Å². The van der Waals surface area contributed by atoms with Crippen molar-refractivity contribution in [2.75, 3.05) is 12.4 Å². The quantitative estimate of drug-likeness (QED) is 0.659. The zero-order chi connectivity index (χ0) is 19.7. The summed E-state index contributed by atoms with van der Waals surface area (Å²) < 4.78 is 1.04. The highest BCUT2D eigenvalue weighted by Crippen LogP contribution is 2.34. The Kier molecular flexibility index (Phi) is 5.34. The lowest BCUT2D eigenvalue weighted by molar-refractivity contribution is -0.127. The number of benzene rings is 2. The van der Waals surface area contributed by atoms with Gasteiger partial charge in [0.15, 0.2) is 5.17 Å². The van der Waals surface area contributed by atoms with Crippen molar-refractivity contribution in [1.29, 1.82) is 0 Å². The van der Waals surface area contributed by atoms with Crippen LogP contribution in [0.5, 0.6) is 0 Å². The van der Waals surface area contributed by atoms with E-state index in [1.165, 1.54) is 28.0 Å². The summed E-state index contributed by atoms with van der Waals surface area (Å²) in [5, 5.41) is 3.81. The van der Waals surface area contributed by atoms with Crippen LogP contribution in [0.25, 0.3) is 10.2 Å². The Morgan fingerprint density at radius 2 is 2.00 bits per heavy atom. The van der Waals surface area contributed by atoms with Gasteiger partial charge in [0.25, 0.3) is 0 Å². The lowest BCUT2D eigenvalue weighted by atomic mass is 10.2. The smallest absolute Gasteiger partial charge is 0.242 e. The van der Waals surface area contributed by atoms with Gasteiger partial charge in [0, 0.05) is 13.5 Å². The number of carbonyl (C=O) groups is 2. The fraction of sp³-hybridized carbons (Fsp3) is 0.158. The average Bonchev–Trinajstić information content (AvgIpc) is 3.20. The number of aromatic nitrogens is 1. The van der Waals surface area contributed by atoms with Gasteiger partial charge >= 0.3 is 0 Å². The van der Waals surface area contributed by atoms with Crippen molar-refractivity contribution in [1.82, 2.24) is 9.88 Å². The number of fused-ring (bicyclic) bond motifs is 1. The third-order valence-corrected chi connectivity index (χ3v) is 6.62. The molecule has 0 spiro atoms. The van der Waals surface area contributed by atoms with Gasteiger partial charge in [0.2, 0.25) is 16.9 Å². The molecule has 28 heavy (non-hydrogen) atoms. The van der Waals surface area contributed by atoms with E-state index in [-0.39, 0.29) is 18.2 Å². The van der Waals surface area contributed by atoms with Crippen LogP contribution in [-0.2, 0) is 9.59 Å². The molecule has 0 aliphatic carbocycles. The molecule has 9 heteroatoms. The molecule has 4 rings (SSSR count). The van der Waals surface area contributed by atoms with E-state index in [1.807, 2.05) is 24.3 Å². The van der Waals surface area contributed by atoms with Gasteiger partial charge in [-0.1, -0.05) is 59.0 Å². The number of hydrogen-bond acceptors (Lipinski definition) is 6. The van der Waals surface area contributed by atoms with E-state index < -0.39 is 5.25 Å². The predicted octanol–water partition coefficient (Wildman–Crippen LogP) is 4.54. The average molecular weight is 431 g/mol. The number of carbonyl (C=O) groups excluding carboxylic acids is 2. The van der Waals surface area contributed by atoms with Crippen LogP contribution in [-0.4, -0.2) is 39.2 Å². The summed E-state index contributed by atoms with van der Waals surface area (Å²) >= 11 is 8.80. The zero-order valence-corrected chi connectivity index (χ0v) is 17.1. The van der Waals surface area contributed by atoms with E-state index in [0.29, 0.717) is 21.0 Å². The maximum atomic E-state index is 12.5. The largest absolute Gasteiger partial charge is 0.325 e. The molecule has 0 saturated carbocycles. The first-order valence-corrected chi connectivity index (χ1v) is 10.5. The number of amidine groups is 1. The van der Waals surface area contributed by atoms with Crippen LogP contribution < -0.4 is 5.32 Å². The Morgan fingerprint density at radius 1 is 1.25 bits per heavy atom. The molecule has 1 aliphatic heterocycles. The number of hydrogen-bond donors (Lipinski definition) is 1. The van der Waals surface area contributed by atoms with E-state index in [1.54, 1.807) is 31.3 Å². The summed E-state index contributed by atoms with van der Waals surface area (Å²) in [5.74, 6) is -0.423. The van der Waals surface area contributed by atoms with E-state index in [4.69, 9.17) is 11.6 Å². The van der Waals surface area contributed by atoms with Crippen molar-refractivity contribution < 1.29 is 9.59 Å².